The van der Waals surface area contributed by atoms with Crippen LogP contribution in [0.1, 0.15) is 0 Å². The molecular weight excluding hydrogens is 496 g/mol. The van der Waals surface area contributed by atoms with Crippen LogP contribution in [-0.2, 0) is 11.8 Å². The van der Waals surface area contributed by atoms with Crippen molar-refractivity contribution < 1.29 is 14.6 Å². The molecule has 2 aromatic heterocycles. The molecule has 0 aliphatic carbocycles. The molecule has 1 amide bonds. The molecule has 1 fully saturated rings. The van der Waals surface area contributed by atoms with Gasteiger partial charge in [-0.3, -0.25) is 14.4 Å². The number of nitrogens with one attached hydrogen (secondary N) is 2. The number of β-amino-alcohol motifs (C(OH)–C–C–N with tert-alkyl or cyclic N) is 1. The molecule has 5 rings (SSSR count). The highest BCUT2D eigenvalue weighted by molar-refractivity contribution is 6.02. The lowest BCUT2D eigenvalue weighted by atomic mass is 10.1. The number of rotatable bonds is 9. The maximum Gasteiger partial charge on any atom is 0.247 e. The van der Waals surface area contributed by atoms with E-state index in [4.69, 9.17) is 4.74 Å². The predicted octanol–water partition coefficient (Wildman–Crippen LogP) is 3.02. The number of fused-ring (bicyclic) bond motifs is 1. The average molecular weight is 529 g/mol. The van der Waals surface area contributed by atoms with E-state index in [1.807, 2.05) is 54.3 Å². The van der Waals surface area contributed by atoms with E-state index in [0.717, 1.165) is 54.0 Å². The van der Waals surface area contributed by atoms with Crippen LogP contribution in [0.15, 0.2) is 61.6 Å². The number of aliphatic hydroxyl groups is 1. The molecule has 0 radical (unpaired) electrons. The molecule has 202 valence electrons. The summed E-state index contributed by atoms with van der Waals surface area (Å²) in [6.07, 6.45) is 4.59. The second-order valence-corrected chi connectivity index (χ2v) is 9.27. The number of hydrogen-bond acceptors (Lipinski definition) is 9. The van der Waals surface area contributed by atoms with Crippen LogP contribution in [-0.4, -0.2) is 82.1 Å². The number of amides is 1. The van der Waals surface area contributed by atoms with E-state index in [1.54, 1.807) is 7.11 Å². The number of piperazine rings is 1. The van der Waals surface area contributed by atoms with Crippen LogP contribution >= 0.6 is 0 Å². The van der Waals surface area contributed by atoms with Gasteiger partial charge in [0.05, 0.1) is 48.2 Å². The molecule has 4 aromatic rings. The summed E-state index contributed by atoms with van der Waals surface area (Å²) in [5.74, 6) is 0.881. The van der Waals surface area contributed by atoms with Gasteiger partial charge in [-0.05, 0) is 18.2 Å². The van der Waals surface area contributed by atoms with Crippen molar-refractivity contribution in [2.24, 2.45) is 7.05 Å². The molecule has 1 aliphatic rings. The second-order valence-electron chi connectivity index (χ2n) is 9.27. The first kappa shape index (κ1) is 26.1. The largest absolute Gasteiger partial charge is 0.494 e. The molecule has 0 unspecified atom stereocenters. The van der Waals surface area contributed by atoms with Crippen molar-refractivity contribution in [1.29, 1.82) is 0 Å². The number of carbonyl (C=O) groups excluding carboxylic acids is 1. The van der Waals surface area contributed by atoms with Gasteiger partial charge in [0.15, 0.2) is 0 Å². The van der Waals surface area contributed by atoms with Gasteiger partial charge in [0.2, 0.25) is 5.91 Å². The van der Waals surface area contributed by atoms with Crippen LogP contribution < -0.4 is 20.3 Å². The second kappa shape index (κ2) is 11.5. The van der Waals surface area contributed by atoms with E-state index in [9.17, 15) is 9.90 Å². The number of anilines is 4. The molecule has 39 heavy (non-hydrogen) atoms. The molecular formula is C28H32N8O3. The Labute approximate surface area is 226 Å². The van der Waals surface area contributed by atoms with Crippen LogP contribution in [0.3, 0.4) is 0 Å². The minimum Gasteiger partial charge on any atom is -0.494 e. The van der Waals surface area contributed by atoms with E-state index >= 15 is 0 Å². The summed E-state index contributed by atoms with van der Waals surface area (Å²) in [5.41, 5.74) is 4.84. The molecule has 0 bridgehead atoms. The number of hydrogen-bond donors (Lipinski definition) is 3. The van der Waals surface area contributed by atoms with E-state index < -0.39 is 0 Å². The molecule has 3 N–H and O–H groups in total. The first-order chi connectivity index (χ1) is 19.0. The number of ether oxygens (including phenoxy) is 1. The van der Waals surface area contributed by atoms with Crippen LogP contribution in [0.4, 0.5) is 22.9 Å². The van der Waals surface area contributed by atoms with Gasteiger partial charge >= 0.3 is 0 Å². The van der Waals surface area contributed by atoms with Gasteiger partial charge in [-0.25, -0.2) is 9.97 Å². The summed E-state index contributed by atoms with van der Waals surface area (Å²) in [5, 5.41) is 20.9. The molecule has 11 heteroatoms. The molecule has 0 atom stereocenters. The maximum absolute atomic E-state index is 12.3. The SMILES string of the molecule is C=CC(=O)Nc1cc(Nc2cc(-c3ccc4cnn(C)c4c3)ncn2)c(OC)cc1N1CCN(CCO)CC1. The fourth-order valence-electron chi connectivity index (χ4n) is 4.76. The zero-order chi connectivity index (χ0) is 27.4. The van der Waals surface area contributed by atoms with Crippen molar-refractivity contribution in [3.63, 3.8) is 0 Å². The van der Waals surface area contributed by atoms with Gasteiger partial charge < -0.3 is 25.4 Å². The van der Waals surface area contributed by atoms with Gasteiger partial charge in [0.1, 0.15) is 17.9 Å². The third-order valence-corrected chi connectivity index (χ3v) is 6.86. The topological polar surface area (TPSA) is 121 Å². The van der Waals surface area contributed by atoms with Crippen molar-refractivity contribution >= 4 is 39.7 Å². The molecule has 1 saturated heterocycles. The van der Waals surface area contributed by atoms with Gasteiger partial charge in [-0.15, -0.1) is 0 Å². The first-order valence-electron chi connectivity index (χ1n) is 12.7. The third-order valence-electron chi connectivity index (χ3n) is 6.86. The average Bonchev–Trinajstić information content (AvgIpc) is 3.34. The highest BCUT2D eigenvalue weighted by Gasteiger charge is 2.22. The van der Waals surface area contributed by atoms with Gasteiger partial charge in [0, 0.05) is 62.9 Å². The summed E-state index contributed by atoms with van der Waals surface area (Å²) < 4.78 is 7.57. The van der Waals surface area contributed by atoms with E-state index in [2.05, 4.69) is 42.1 Å². The van der Waals surface area contributed by atoms with E-state index in [0.29, 0.717) is 29.5 Å². The zero-order valence-corrected chi connectivity index (χ0v) is 22.1. The predicted molar refractivity (Wildman–Crippen MR) is 153 cm³/mol. The van der Waals surface area contributed by atoms with Crippen molar-refractivity contribution in [2.75, 3.05) is 62.0 Å². The summed E-state index contributed by atoms with van der Waals surface area (Å²) in [6, 6.07) is 11.7. The molecule has 1 aliphatic heterocycles. The number of carbonyl (C=O) groups is 1. The number of methoxy groups -OCH3 is 1. The minimum absolute atomic E-state index is 0.136. The quantitative estimate of drug-likeness (QED) is 0.282. The van der Waals surface area contributed by atoms with Crippen LogP contribution in [0.25, 0.3) is 22.2 Å². The number of nitrogens with zero attached hydrogens (tertiary/aromatic N) is 6. The highest BCUT2D eigenvalue weighted by Crippen LogP contribution is 2.39. The van der Waals surface area contributed by atoms with E-state index in [1.165, 1.54) is 12.4 Å². The Morgan fingerprint density at radius 1 is 1.13 bits per heavy atom. The fraction of sp³-hybridized carbons (Fsp3) is 0.286. The van der Waals surface area contributed by atoms with E-state index in [-0.39, 0.29) is 12.5 Å². The van der Waals surface area contributed by atoms with Crippen LogP contribution in [0, 0.1) is 0 Å². The molecule has 3 heterocycles. The van der Waals surface area contributed by atoms with Crippen LogP contribution in [0.2, 0.25) is 0 Å². The van der Waals surface area contributed by atoms with Gasteiger partial charge in [0.25, 0.3) is 0 Å². The van der Waals surface area contributed by atoms with Gasteiger partial charge in [-0.2, -0.15) is 5.10 Å². The van der Waals surface area contributed by atoms with Crippen molar-refractivity contribution in [1.82, 2.24) is 24.6 Å². The standard InChI is InChI=1S/C28H32N8O3/c1-4-28(38)33-22-14-23(26(39-3)16-25(22)36-9-7-35(8-10-36)11-12-37)32-27-15-21(29-18-30-27)19-5-6-20-17-31-34(2)24(20)13-19/h4-6,13-18,37H,1,7-12H2,2-3H3,(H,33,38)(H,29,30,32). The molecule has 2 aromatic carbocycles. The molecule has 11 nitrogen and oxygen atoms in total. The Bertz CT molecular complexity index is 1490. The lowest BCUT2D eigenvalue weighted by molar-refractivity contribution is -0.111. The number of aromatic nitrogens is 4. The minimum atomic E-state index is -0.304. The summed E-state index contributed by atoms with van der Waals surface area (Å²) in [7, 11) is 3.52. The normalized spacial score (nSPS) is 13.9. The van der Waals surface area contributed by atoms with Gasteiger partial charge in [-0.1, -0.05) is 18.7 Å². The van der Waals surface area contributed by atoms with Crippen molar-refractivity contribution in [3.8, 4) is 17.0 Å². The molecule has 0 saturated carbocycles. The number of benzene rings is 2. The summed E-state index contributed by atoms with van der Waals surface area (Å²) >= 11 is 0. The van der Waals surface area contributed by atoms with Crippen LogP contribution in [0.5, 0.6) is 5.75 Å². The smallest absolute Gasteiger partial charge is 0.247 e. The monoisotopic (exact) mass is 528 g/mol. The Morgan fingerprint density at radius 2 is 1.95 bits per heavy atom. The Morgan fingerprint density at radius 3 is 2.69 bits per heavy atom. The third kappa shape index (κ3) is 5.69. The van der Waals surface area contributed by atoms with Crippen molar-refractivity contribution in [3.05, 3.63) is 61.6 Å². The molecule has 0 spiro atoms. The maximum atomic E-state index is 12.3. The summed E-state index contributed by atoms with van der Waals surface area (Å²) in [4.78, 5) is 25.6. The van der Waals surface area contributed by atoms with Crippen molar-refractivity contribution in [2.45, 2.75) is 0 Å². The fourth-order valence-corrected chi connectivity index (χ4v) is 4.76. The first-order valence-corrected chi connectivity index (χ1v) is 12.7. The Balaban J connectivity index is 1.45. The summed E-state index contributed by atoms with van der Waals surface area (Å²) in [6.45, 7) is 7.51. The zero-order valence-electron chi connectivity index (χ0n) is 22.1. The Kier molecular flexibility index (Phi) is 7.71. The lowest BCUT2D eigenvalue weighted by Crippen LogP contribution is -2.47. The number of aryl methyl sites for hydroxylation is 1. The Hall–Kier alpha value is -4.48. The lowest BCUT2D eigenvalue weighted by Gasteiger charge is -2.37. The highest BCUT2D eigenvalue weighted by atomic mass is 16.5. The number of aliphatic hydroxyl groups excluding tert-OH is 1.